The highest BCUT2D eigenvalue weighted by Gasteiger charge is 2.47. The van der Waals surface area contributed by atoms with Crippen LogP contribution in [-0.4, -0.2) is 42.2 Å². The number of aromatic nitrogens is 1. The van der Waals surface area contributed by atoms with Gasteiger partial charge in [0.1, 0.15) is 11.4 Å². The Balaban J connectivity index is 1.97. The average Bonchev–Trinajstić information content (AvgIpc) is 2.77. The van der Waals surface area contributed by atoms with Crippen LogP contribution in [0, 0.1) is 19.8 Å². The first-order valence-corrected chi connectivity index (χ1v) is 9.98. The fourth-order valence-corrected chi connectivity index (χ4v) is 4.99. The predicted octanol–water partition coefficient (Wildman–Crippen LogP) is 3.38. The molecule has 1 unspecified atom stereocenters. The molecule has 1 aromatic carbocycles. The van der Waals surface area contributed by atoms with Gasteiger partial charge in [0.05, 0.1) is 12.8 Å². The van der Waals surface area contributed by atoms with Crippen molar-refractivity contribution < 1.29 is 9.84 Å². The van der Waals surface area contributed by atoms with E-state index in [-0.39, 0.29) is 5.92 Å². The zero-order valence-electron chi connectivity index (χ0n) is 16.9. The lowest BCUT2D eigenvalue weighted by atomic mass is 9.72. The monoisotopic (exact) mass is 366 g/mol. The molecule has 0 spiro atoms. The van der Waals surface area contributed by atoms with Crippen molar-refractivity contribution in [3.05, 3.63) is 57.9 Å². The molecule has 0 saturated carbocycles. The Morgan fingerprint density at radius 1 is 1.07 bits per heavy atom. The van der Waals surface area contributed by atoms with Crippen LogP contribution >= 0.6 is 0 Å². The summed E-state index contributed by atoms with van der Waals surface area (Å²) in [5, 5.41) is 12.4. The van der Waals surface area contributed by atoms with Gasteiger partial charge in [-0.3, -0.25) is 4.98 Å². The number of aryl methyl sites for hydroxylation is 4. The number of pyridine rings is 1. The molecule has 2 aromatic rings. The van der Waals surface area contributed by atoms with Crippen molar-refractivity contribution in [2.45, 2.75) is 45.1 Å². The Labute approximate surface area is 162 Å². The summed E-state index contributed by atoms with van der Waals surface area (Å²) in [6.07, 6.45) is 5.61. The first kappa shape index (κ1) is 18.5. The molecule has 1 atom stereocenters. The number of likely N-dealkylation sites (tertiary alicyclic amines) is 1. The van der Waals surface area contributed by atoms with Crippen LogP contribution < -0.4 is 4.74 Å². The largest absolute Gasteiger partial charge is 0.496 e. The third-order valence-electron chi connectivity index (χ3n) is 6.37. The van der Waals surface area contributed by atoms with E-state index >= 15 is 0 Å². The Bertz CT molecular complexity index is 856. The number of methoxy groups -OCH3 is 1. The molecule has 4 nitrogen and oxygen atoms in total. The van der Waals surface area contributed by atoms with E-state index in [1.807, 2.05) is 6.20 Å². The number of piperidine rings is 1. The SMILES string of the molecule is COc1cc(C)cc2c1C(O)(C1CCN(C)CC1)c1ncc(C)cc1CC2. The van der Waals surface area contributed by atoms with Gasteiger partial charge in [-0.1, -0.05) is 12.1 Å². The lowest BCUT2D eigenvalue weighted by Gasteiger charge is -2.42. The molecule has 144 valence electrons. The van der Waals surface area contributed by atoms with Gasteiger partial charge in [0, 0.05) is 17.7 Å². The van der Waals surface area contributed by atoms with E-state index in [2.05, 4.69) is 44.0 Å². The lowest BCUT2D eigenvalue weighted by Crippen LogP contribution is -2.44. The van der Waals surface area contributed by atoms with Crippen LogP contribution in [0.25, 0.3) is 0 Å². The second kappa shape index (κ2) is 6.92. The molecule has 1 fully saturated rings. The van der Waals surface area contributed by atoms with Crippen molar-refractivity contribution in [3.8, 4) is 5.75 Å². The van der Waals surface area contributed by atoms with Gasteiger partial charge in [-0.2, -0.15) is 0 Å². The maximum absolute atomic E-state index is 12.4. The van der Waals surface area contributed by atoms with E-state index in [4.69, 9.17) is 9.72 Å². The predicted molar refractivity (Wildman–Crippen MR) is 107 cm³/mol. The first-order chi connectivity index (χ1) is 12.9. The summed E-state index contributed by atoms with van der Waals surface area (Å²) < 4.78 is 5.80. The molecular formula is C23H30N2O2. The lowest BCUT2D eigenvalue weighted by molar-refractivity contribution is -0.0164. The highest BCUT2D eigenvalue weighted by atomic mass is 16.5. The summed E-state index contributed by atoms with van der Waals surface area (Å²) in [5.74, 6) is 0.928. The molecule has 0 bridgehead atoms. The van der Waals surface area contributed by atoms with E-state index < -0.39 is 5.60 Å². The molecule has 0 amide bonds. The number of aliphatic hydroxyl groups is 1. The van der Waals surface area contributed by atoms with Crippen molar-refractivity contribution in [1.29, 1.82) is 0 Å². The third kappa shape index (κ3) is 3.05. The summed E-state index contributed by atoms with van der Waals surface area (Å²) in [7, 11) is 3.86. The number of fused-ring (bicyclic) bond motifs is 2. The maximum atomic E-state index is 12.4. The summed E-state index contributed by atoms with van der Waals surface area (Å²) in [4.78, 5) is 7.14. The van der Waals surface area contributed by atoms with Crippen molar-refractivity contribution >= 4 is 0 Å². The van der Waals surface area contributed by atoms with Crippen LogP contribution in [0.4, 0.5) is 0 Å². The Morgan fingerprint density at radius 2 is 1.74 bits per heavy atom. The number of hydrogen-bond donors (Lipinski definition) is 1. The second-order valence-electron chi connectivity index (χ2n) is 8.37. The van der Waals surface area contributed by atoms with Crippen LogP contribution in [0.2, 0.25) is 0 Å². The fourth-order valence-electron chi connectivity index (χ4n) is 4.99. The Morgan fingerprint density at radius 3 is 2.44 bits per heavy atom. The van der Waals surface area contributed by atoms with Gasteiger partial charge >= 0.3 is 0 Å². The molecule has 2 heterocycles. The number of nitrogens with zero attached hydrogens (tertiary/aromatic N) is 2. The minimum absolute atomic E-state index is 0.135. The molecule has 2 aliphatic rings. The topological polar surface area (TPSA) is 45.6 Å². The first-order valence-electron chi connectivity index (χ1n) is 9.98. The molecule has 1 N–H and O–H groups in total. The zero-order valence-corrected chi connectivity index (χ0v) is 16.9. The molecule has 1 aromatic heterocycles. The van der Waals surface area contributed by atoms with Crippen molar-refractivity contribution in [2.75, 3.05) is 27.2 Å². The standard InChI is InChI=1S/C23H30N2O2/c1-15-11-17-5-6-18-12-16(2)14-24-22(18)23(26,21(17)20(13-15)27-4)19-7-9-25(3)10-8-19/h11-14,19,26H,5-10H2,1-4H3. The molecule has 4 rings (SSSR count). The molecule has 0 radical (unpaired) electrons. The van der Waals surface area contributed by atoms with Crippen LogP contribution in [0.1, 0.15) is 46.4 Å². The van der Waals surface area contributed by atoms with E-state index in [1.165, 1.54) is 16.7 Å². The van der Waals surface area contributed by atoms with E-state index in [0.717, 1.165) is 61.3 Å². The minimum Gasteiger partial charge on any atom is -0.496 e. The van der Waals surface area contributed by atoms with Crippen molar-refractivity contribution in [2.24, 2.45) is 5.92 Å². The smallest absolute Gasteiger partial charge is 0.138 e. The van der Waals surface area contributed by atoms with Gasteiger partial charge in [0.2, 0.25) is 0 Å². The summed E-state index contributed by atoms with van der Waals surface area (Å²) in [5.41, 5.74) is 5.37. The molecule has 27 heavy (non-hydrogen) atoms. The van der Waals surface area contributed by atoms with Gasteiger partial charge in [0.25, 0.3) is 0 Å². The van der Waals surface area contributed by atoms with Gasteiger partial charge in [0.15, 0.2) is 0 Å². The molecular weight excluding hydrogens is 336 g/mol. The van der Waals surface area contributed by atoms with E-state index in [0.29, 0.717) is 0 Å². The van der Waals surface area contributed by atoms with Crippen LogP contribution in [0.5, 0.6) is 5.75 Å². The maximum Gasteiger partial charge on any atom is 0.138 e. The quantitative estimate of drug-likeness (QED) is 0.885. The second-order valence-corrected chi connectivity index (χ2v) is 8.37. The highest BCUT2D eigenvalue weighted by Crippen LogP contribution is 2.49. The summed E-state index contributed by atoms with van der Waals surface area (Å²) in [6.45, 7) is 6.16. The van der Waals surface area contributed by atoms with Gasteiger partial charge in [-0.05, 0) is 88.0 Å². The molecule has 1 saturated heterocycles. The van der Waals surface area contributed by atoms with Crippen molar-refractivity contribution in [3.63, 3.8) is 0 Å². The molecule has 1 aliphatic heterocycles. The average molecular weight is 367 g/mol. The van der Waals surface area contributed by atoms with Crippen molar-refractivity contribution in [1.82, 2.24) is 9.88 Å². The third-order valence-corrected chi connectivity index (χ3v) is 6.37. The fraction of sp³-hybridized carbons (Fsp3) is 0.522. The Kier molecular flexibility index (Phi) is 4.73. The number of hydrogen-bond acceptors (Lipinski definition) is 4. The molecule has 1 aliphatic carbocycles. The van der Waals surface area contributed by atoms with Crippen LogP contribution in [-0.2, 0) is 18.4 Å². The number of benzene rings is 1. The van der Waals surface area contributed by atoms with Gasteiger partial charge in [-0.25, -0.2) is 0 Å². The normalized spacial score (nSPS) is 23.4. The van der Waals surface area contributed by atoms with Gasteiger partial charge in [-0.15, -0.1) is 0 Å². The number of rotatable bonds is 2. The Hall–Kier alpha value is -1.91. The van der Waals surface area contributed by atoms with Crippen LogP contribution in [0.3, 0.4) is 0 Å². The summed E-state index contributed by atoms with van der Waals surface area (Å²) >= 11 is 0. The van der Waals surface area contributed by atoms with E-state index in [1.54, 1.807) is 7.11 Å². The zero-order chi connectivity index (χ0) is 19.2. The summed E-state index contributed by atoms with van der Waals surface area (Å²) in [6, 6.07) is 6.47. The number of ether oxygens (including phenoxy) is 1. The van der Waals surface area contributed by atoms with E-state index in [9.17, 15) is 5.11 Å². The minimum atomic E-state index is -1.10. The van der Waals surface area contributed by atoms with Crippen LogP contribution in [0.15, 0.2) is 24.4 Å². The molecule has 4 heteroatoms. The van der Waals surface area contributed by atoms with Gasteiger partial charge < -0.3 is 14.7 Å². The highest BCUT2D eigenvalue weighted by molar-refractivity contribution is 5.54.